The van der Waals surface area contributed by atoms with Gasteiger partial charge in [0, 0.05) is 12.5 Å². The molecule has 1 N–H and O–H groups in total. The minimum atomic E-state index is -0.448. The van der Waals surface area contributed by atoms with Crippen LogP contribution in [0.25, 0.3) is 0 Å². The molecule has 1 aromatic carbocycles. The van der Waals surface area contributed by atoms with Crippen molar-refractivity contribution in [3.63, 3.8) is 0 Å². The number of rotatable bonds is 2. The van der Waals surface area contributed by atoms with Gasteiger partial charge in [-0.3, -0.25) is 4.79 Å². The van der Waals surface area contributed by atoms with Crippen molar-refractivity contribution in [2.75, 3.05) is 0 Å². The molecule has 0 radical (unpaired) electrons. The Morgan fingerprint density at radius 1 is 1.40 bits per heavy atom. The molecular weight excluding hydrogens is 200 g/mol. The van der Waals surface area contributed by atoms with E-state index in [2.05, 4.69) is 5.32 Å². The molecule has 1 fully saturated rings. The zero-order valence-electron chi connectivity index (χ0n) is 8.09. The van der Waals surface area contributed by atoms with Crippen LogP contribution in [0.5, 0.6) is 0 Å². The average Bonchev–Trinajstić information content (AvgIpc) is 2.58. The number of hydrogen-bond acceptors (Lipinski definition) is 1. The lowest BCUT2D eigenvalue weighted by atomic mass is 10.0. The predicted octanol–water partition coefficient (Wildman–Crippen LogP) is 1.79. The monoisotopic (exact) mass is 211 g/mol. The molecule has 1 aromatic rings. The molecule has 1 saturated heterocycles. The van der Waals surface area contributed by atoms with E-state index in [0.717, 1.165) is 12.1 Å². The molecule has 1 amide bonds. The number of amides is 1. The molecule has 0 bridgehead atoms. The molecule has 1 heterocycles. The van der Waals surface area contributed by atoms with Crippen LogP contribution in [0.4, 0.5) is 8.78 Å². The first kappa shape index (κ1) is 10.1. The second-order valence-corrected chi connectivity index (χ2v) is 3.74. The molecule has 1 aliphatic heterocycles. The van der Waals surface area contributed by atoms with E-state index in [9.17, 15) is 13.6 Å². The summed E-state index contributed by atoms with van der Waals surface area (Å²) in [5.74, 6) is -0.884. The zero-order valence-corrected chi connectivity index (χ0v) is 8.09. The normalized spacial score (nSPS) is 20.4. The van der Waals surface area contributed by atoms with Crippen LogP contribution in [0.1, 0.15) is 18.4 Å². The first-order chi connectivity index (χ1) is 7.15. The van der Waals surface area contributed by atoms with Crippen molar-refractivity contribution in [1.29, 1.82) is 0 Å². The van der Waals surface area contributed by atoms with Gasteiger partial charge in [-0.05, 0) is 36.6 Å². The summed E-state index contributed by atoms with van der Waals surface area (Å²) in [7, 11) is 0. The van der Waals surface area contributed by atoms with Crippen molar-refractivity contribution in [2.45, 2.75) is 25.3 Å². The summed E-state index contributed by atoms with van der Waals surface area (Å²) in [4.78, 5) is 10.9. The van der Waals surface area contributed by atoms with E-state index in [-0.39, 0.29) is 11.9 Å². The van der Waals surface area contributed by atoms with Gasteiger partial charge in [0.25, 0.3) is 0 Å². The number of carbonyl (C=O) groups excluding carboxylic acids is 1. The molecule has 80 valence electrons. The molecule has 2 nitrogen and oxygen atoms in total. The fraction of sp³-hybridized carbons (Fsp3) is 0.364. The van der Waals surface area contributed by atoms with Gasteiger partial charge in [0.15, 0.2) is 0 Å². The van der Waals surface area contributed by atoms with Crippen molar-refractivity contribution < 1.29 is 13.6 Å². The topological polar surface area (TPSA) is 29.1 Å². The van der Waals surface area contributed by atoms with Gasteiger partial charge < -0.3 is 5.32 Å². The second-order valence-electron chi connectivity index (χ2n) is 3.74. The van der Waals surface area contributed by atoms with Crippen LogP contribution >= 0.6 is 0 Å². The van der Waals surface area contributed by atoms with Crippen molar-refractivity contribution in [3.8, 4) is 0 Å². The summed E-state index contributed by atoms with van der Waals surface area (Å²) in [5.41, 5.74) is 0.321. The second kappa shape index (κ2) is 3.96. The summed E-state index contributed by atoms with van der Waals surface area (Å²) in [5, 5.41) is 2.72. The van der Waals surface area contributed by atoms with E-state index >= 15 is 0 Å². The van der Waals surface area contributed by atoms with E-state index in [1.807, 2.05) is 0 Å². The average molecular weight is 211 g/mol. The van der Waals surface area contributed by atoms with Crippen molar-refractivity contribution in [3.05, 3.63) is 35.4 Å². The Morgan fingerprint density at radius 3 is 2.87 bits per heavy atom. The van der Waals surface area contributed by atoms with Crippen LogP contribution in [0, 0.1) is 11.6 Å². The van der Waals surface area contributed by atoms with Crippen LogP contribution < -0.4 is 5.32 Å². The molecule has 1 unspecified atom stereocenters. The maximum absolute atomic E-state index is 13.2. The van der Waals surface area contributed by atoms with E-state index in [1.54, 1.807) is 0 Å². The van der Waals surface area contributed by atoms with Gasteiger partial charge >= 0.3 is 0 Å². The molecule has 1 atom stereocenters. The maximum Gasteiger partial charge on any atom is 0.220 e. The molecule has 0 spiro atoms. The van der Waals surface area contributed by atoms with Gasteiger partial charge in [-0.2, -0.15) is 0 Å². The van der Waals surface area contributed by atoms with E-state index in [0.29, 0.717) is 24.8 Å². The minimum Gasteiger partial charge on any atom is -0.353 e. The fourth-order valence-electron chi connectivity index (χ4n) is 1.80. The lowest BCUT2D eigenvalue weighted by Crippen LogP contribution is -2.27. The molecule has 0 aliphatic carbocycles. The third kappa shape index (κ3) is 2.32. The summed E-state index contributed by atoms with van der Waals surface area (Å²) >= 11 is 0. The molecule has 0 aromatic heterocycles. The van der Waals surface area contributed by atoms with Crippen molar-refractivity contribution in [2.24, 2.45) is 0 Å². The highest BCUT2D eigenvalue weighted by Gasteiger charge is 2.21. The van der Waals surface area contributed by atoms with Crippen molar-refractivity contribution >= 4 is 5.91 Å². The van der Waals surface area contributed by atoms with Crippen LogP contribution in [0.15, 0.2) is 18.2 Å². The highest BCUT2D eigenvalue weighted by atomic mass is 19.1. The first-order valence-corrected chi connectivity index (χ1v) is 4.88. The van der Waals surface area contributed by atoms with Gasteiger partial charge in [0.05, 0.1) is 0 Å². The quantitative estimate of drug-likeness (QED) is 0.793. The highest BCUT2D eigenvalue weighted by molar-refractivity contribution is 5.78. The summed E-state index contributed by atoms with van der Waals surface area (Å²) in [6.07, 6.45) is 1.52. The Balaban J connectivity index is 2.10. The number of halogens is 2. The molecule has 0 saturated carbocycles. The SMILES string of the molecule is O=C1CCC(Cc2cc(F)ccc2F)N1. The van der Waals surface area contributed by atoms with Crippen LogP contribution in [-0.2, 0) is 11.2 Å². The van der Waals surface area contributed by atoms with E-state index < -0.39 is 11.6 Å². The number of benzene rings is 1. The van der Waals surface area contributed by atoms with Crippen LogP contribution in [-0.4, -0.2) is 11.9 Å². The Morgan fingerprint density at radius 2 is 2.20 bits per heavy atom. The number of carbonyl (C=O) groups is 1. The van der Waals surface area contributed by atoms with Gasteiger partial charge in [0.1, 0.15) is 11.6 Å². The van der Waals surface area contributed by atoms with Gasteiger partial charge in [-0.25, -0.2) is 8.78 Å². The maximum atomic E-state index is 13.2. The number of hydrogen-bond donors (Lipinski definition) is 1. The van der Waals surface area contributed by atoms with Crippen LogP contribution in [0.2, 0.25) is 0 Å². The zero-order chi connectivity index (χ0) is 10.8. The van der Waals surface area contributed by atoms with Gasteiger partial charge in [-0.15, -0.1) is 0 Å². The number of nitrogens with one attached hydrogen (secondary N) is 1. The standard InChI is InChI=1S/C11H11F2NO/c12-8-1-3-10(13)7(5-8)6-9-2-4-11(15)14-9/h1,3,5,9H,2,4,6H2,(H,14,15). The fourth-order valence-corrected chi connectivity index (χ4v) is 1.80. The molecule has 15 heavy (non-hydrogen) atoms. The molecular formula is C11H11F2NO. The lowest BCUT2D eigenvalue weighted by molar-refractivity contribution is -0.119. The third-order valence-electron chi connectivity index (χ3n) is 2.56. The summed E-state index contributed by atoms with van der Waals surface area (Å²) in [6, 6.07) is 3.32. The Labute approximate surface area is 86.3 Å². The Hall–Kier alpha value is -1.45. The first-order valence-electron chi connectivity index (χ1n) is 4.88. The minimum absolute atomic E-state index is 0.0168. The van der Waals surface area contributed by atoms with Gasteiger partial charge in [-0.1, -0.05) is 0 Å². The molecule has 1 aliphatic rings. The Kier molecular flexibility index (Phi) is 2.66. The highest BCUT2D eigenvalue weighted by Crippen LogP contribution is 2.16. The van der Waals surface area contributed by atoms with E-state index in [4.69, 9.17) is 0 Å². The molecule has 4 heteroatoms. The van der Waals surface area contributed by atoms with Gasteiger partial charge in [0.2, 0.25) is 5.91 Å². The third-order valence-corrected chi connectivity index (χ3v) is 2.56. The van der Waals surface area contributed by atoms with Crippen molar-refractivity contribution in [1.82, 2.24) is 5.32 Å². The van der Waals surface area contributed by atoms with E-state index in [1.165, 1.54) is 6.07 Å². The summed E-state index contributed by atoms with van der Waals surface area (Å²) in [6.45, 7) is 0. The predicted molar refractivity (Wildman–Crippen MR) is 51.2 cm³/mol. The van der Waals surface area contributed by atoms with Crippen LogP contribution in [0.3, 0.4) is 0 Å². The Bertz CT molecular complexity index is 392. The lowest BCUT2D eigenvalue weighted by Gasteiger charge is -2.10. The summed E-state index contributed by atoms with van der Waals surface area (Å²) < 4.78 is 26.1. The smallest absolute Gasteiger partial charge is 0.220 e. The molecule has 2 rings (SSSR count). The largest absolute Gasteiger partial charge is 0.353 e.